The summed E-state index contributed by atoms with van der Waals surface area (Å²) in [4.78, 5) is 12.1. The number of carbonyl (C=O) groups excluding carboxylic acids is 1. The van der Waals surface area contributed by atoms with Crippen LogP contribution in [0.3, 0.4) is 0 Å². The zero-order valence-electron chi connectivity index (χ0n) is 10.8. The first-order chi connectivity index (χ1) is 9.67. The fourth-order valence-electron chi connectivity index (χ4n) is 2.17. The second-order valence-electron chi connectivity index (χ2n) is 4.48. The molecule has 0 fully saturated rings. The molecule has 4 heteroatoms. The lowest BCUT2D eigenvalue weighted by atomic mass is 10.0. The highest BCUT2D eigenvalue weighted by atomic mass is 79.9. The van der Waals surface area contributed by atoms with Crippen LogP contribution in [0.4, 0.5) is 5.69 Å². The smallest absolute Gasteiger partial charge is 0.256 e. The Labute approximate surface area is 125 Å². The molecule has 100 valence electrons. The van der Waals surface area contributed by atoms with Crippen molar-refractivity contribution < 1.29 is 9.53 Å². The number of hydrogen-bond acceptors (Lipinski definition) is 2. The predicted octanol–water partition coefficient (Wildman–Crippen LogP) is 3.95. The van der Waals surface area contributed by atoms with E-state index in [2.05, 4.69) is 21.2 Å². The molecule has 0 spiro atoms. The topological polar surface area (TPSA) is 38.3 Å². The Hall–Kier alpha value is -2.07. The van der Waals surface area contributed by atoms with E-state index < -0.39 is 0 Å². The molecule has 1 aliphatic heterocycles. The Bertz CT molecular complexity index is 705. The molecule has 3 rings (SSSR count). The number of ether oxygens (including phenoxy) is 1. The van der Waals surface area contributed by atoms with Crippen LogP contribution in [0.5, 0.6) is 5.75 Å². The number of methoxy groups -OCH3 is 1. The van der Waals surface area contributed by atoms with Crippen molar-refractivity contribution >= 4 is 39.2 Å². The predicted molar refractivity (Wildman–Crippen MR) is 83.6 cm³/mol. The number of rotatable bonds is 2. The second-order valence-corrected chi connectivity index (χ2v) is 5.39. The Morgan fingerprint density at radius 3 is 2.60 bits per heavy atom. The molecule has 20 heavy (non-hydrogen) atoms. The van der Waals surface area contributed by atoms with Crippen LogP contribution in [-0.4, -0.2) is 13.0 Å². The van der Waals surface area contributed by atoms with Gasteiger partial charge in [-0.25, -0.2) is 0 Å². The third-order valence-electron chi connectivity index (χ3n) is 3.19. The van der Waals surface area contributed by atoms with Gasteiger partial charge in [0.1, 0.15) is 5.75 Å². The molecule has 0 saturated heterocycles. The molecule has 0 radical (unpaired) electrons. The molecular formula is C16H12BrNO2. The number of amides is 1. The maximum Gasteiger partial charge on any atom is 0.256 e. The molecule has 0 unspecified atom stereocenters. The van der Waals surface area contributed by atoms with Gasteiger partial charge in [-0.1, -0.05) is 28.1 Å². The molecular weight excluding hydrogens is 318 g/mol. The number of anilines is 1. The first kappa shape index (κ1) is 12.9. The Morgan fingerprint density at radius 2 is 1.90 bits per heavy atom. The van der Waals surface area contributed by atoms with Crippen molar-refractivity contribution in [2.75, 3.05) is 12.4 Å². The van der Waals surface area contributed by atoms with Gasteiger partial charge in [-0.2, -0.15) is 0 Å². The molecule has 3 nitrogen and oxygen atoms in total. The van der Waals surface area contributed by atoms with Crippen molar-refractivity contribution in [2.45, 2.75) is 0 Å². The molecule has 1 N–H and O–H groups in total. The van der Waals surface area contributed by atoms with E-state index in [1.807, 2.05) is 48.5 Å². The van der Waals surface area contributed by atoms with Crippen molar-refractivity contribution in [1.82, 2.24) is 0 Å². The van der Waals surface area contributed by atoms with Crippen molar-refractivity contribution in [3.05, 3.63) is 58.1 Å². The highest BCUT2D eigenvalue weighted by Crippen LogP contribution is 2.35. The van der Waals surface area contributed by atoms with E-state index in [-0.39, 0.29) is 5.91 Å². The SMILES string of the molecule is COc1ccc(/C=C2/C(=O)Nc3ccc(Br)cc32)cc1. The molecule has 2 aromatic rings. The summed E-state index contributed by atoms with van der Waals surface area (Å²) in [5.74, 6) is 0.722. The van der Waals surface area contributed by atoms with Gasteiger partial charge in [0.25, 0.3) is 5.91 Å². The van der Waals surface area contributed by atoms with Crippen molar-refractivity contribution in [2.24, 2.45) is 0 Å². The van der Waals surface area contributed by atoms with Crippen molar-refractivity contribution in [3.63, 3.8) is 0 Å². The standard InChI is InChI=1S/C16H12BrNO2/c1-20-12-5-2-10(3-6-12)8-14-13-9-11(17)4-7-15(13)18-16(14)19/h2-9H,1H3,(H,18,19)/b14-8+. The summed E-state index contributed by atoms with van der Waals surface area (Å²) in [5.41, 5.74) is 3.40. The van der Waals surface area contributed by atoms with E-state index in [0.717, 1.165) is 27.0 Å². The lowest BCUT2D eigenvalue weighted by molar-refractivity contribution is -0.110. The summed E-state index contributed by atoms with van der Waals surface area (Å²) in [6.07, 6.45) is 1.88. The minimum absolute atomic E-state index is 0.0751. The maximum absolute atomic E-state index is 12.1. The van der Waals surface area contributed by atoms with Gasteiger partial charge in [-0.05, 0) is 42.0 Å². The second kappa shape index (κ2) is 5.13. The lowest BCUT2D eigenvalue weighted by Gasteiger charge is -2.01. The number of fused-ring (bicyclic) bond motifs is 1. The van der Waals surface area contributed by atoms with E-state index in [1.165, 1.54) is 0 Å². The third kappa shape index (κ3) is 2.34. The van der Waals surface area contributed by atoms with Crippen molar-refractivity contribution in [1.29, 1.82) is 0 Å². The quantitative estimate of drug-likeness (QED) is 0.847. The van der Waals surface area contributed by atoms with Crippen LogP contribution >= 0.6 is 15.9 Å². The molecule has 0 saturated carbocycles. The van der Waals surface area contributed by atoms with E-state index in [1.54, 1.807) is 7.11 Å². The molecule has 0 atom stereocenters. The van der Waals surface area contributed by atoms with Gasteiger partial charge in [0.05, 0.1) is 7.11 Å². The number of halogens is 1. The van der Waals surface area contributed by atoms with Crippen LogP contribution in [0, 0.1) is 0 Å². The largest absolute Gasteiger partial charge is 0.497 e. The minimum atomic E-state index is -0.0751. The van der Waals surface area contributed by atoms with Gasteiger partial charge in [-0.3, -0.25) is 4.79 Å². The average molecular weight is 330 g/mol. The van der Waals surface area contributed by atoms with Gasteiger partial charge >= 0.3 is 0 Å². The molecule has 2 aromatic carbocycles. The van der Waals surface area contributed by atoms with Crippen LogP contribution in [0.15, 0.2) is 46.9 Å². The zero-order valence-corrected chi connectivity index (χ0v) is 12.4. The monoisotopic (exact) mass is 329 g/mol. The number of hydrogen-bond donors (Lipinski definition) is 1. The minimum Gasteiger partial charge on any atom is -0.497 e. The summed E-state index contributed by atoms with van der Waals surface area (Å²) in [5, 5.41) is 2.86. The van der Waals surface area contributed by atoms with Crippen LogP contribution in [-0.2, 0) is 4.79 Å². The molecule has 1 heterocycles. The van der Waals surface area contributed by atoms with Gasteiger partial charge in [0.15, 0.2) is 0 Å². The van der Waals surface area contributed by atoms with Crippen LogP contribution in [0.1, 0.15) is 11.1 Å². The van der Waals surface area contributed by atoms with Crippen molar-refractivity contribution in [3.8, 4) is 5.75 Å². The zero-order chi connectivity index (χ0) is 14.1. The summed E-state index contributed by atoms with van der Waals surface area (Å²) in [6, 6.07) is 13.4. The first-order valence-corrected chi connectivity index (χ1v) is 6.94. The Balaban J connectivity index is 2.03. The molecule has 0 aromatic heterocycles. The highest BCUT2D eigenvalue weighted by molar-refractivity contribution is 9.10. The maximum atomic E-state index is 12.1. The van der Waals surface area contributed by atoms with Crippen LogP contribution < -0.4 is 10.1 Å². The number of benzene rings is 2. The van der Waals surface area contributed by atoms with Gasteiger partial charge in [-0.15, -0.1) is 0 Å². The van der Waals surface area contributed by atoms with Gasteiger partial charge < -0.3 is 10.1 Å². The summed E-state index contributed by atoms with van der Waals surface area (Å²) >= 11 is 3.43. The number of nitrogens with one attached hydrogen (secondary N) is 1. The van der Waals surface area contributed by atoms with E-state index in [9.17, 15) is 4.79 Å². The van der Waals surface area contributed by atoms with Gasteiger partial charge in [0, 0.05) is 21.3 Å². The number of carbonyl (C=O) groups is 1. The van der Waals surface area contributed by atoms with E-state index in [0.29, 0.717) is 5.57 Å². The molecule has 0 bridgehead atoms. The summed E-state index contributed by atoms with van der Waals surface area (Å²) in [7, 11) is 1.63. The van der Waals surface area contributed by atoms with E-state index in [4.69, 9.17) is 4.74 Å². The fourth-order valence-corrected chi connectivity index (χ4v) is 2.53. The highest BCUT2D eigenvalue weighted by Gasteiger charge is 2.23. The summed E-state index contributed by atoms with van der Waals surface area (Å²) < 4.78 is 6.08. The Morgan fingerprint density at radius 1 is 1.15 bits per heavy atom. The normalized spacial score (nSPS) is 15.1. The third-order valence-corrected chi connectivity index (χ3v) is 3.68. The first-order valence-electron chi connectivity index (χ1n) is 6.14. The fraction of sp³-hybridized carbons (Fsp3) is 0.0625. The molecule has 0 aliphatic carbocycles. The molecule has 1 aliphatic rings. The lowest BCUT2D eigenvalue weighted by Crippen LogP contribution is -2.03. The van der Waals surface area contributed by atoms with Crippen LogP contribution in [0.2, 0.25) is 0 Å². The van der Waals surface area contributed by atoms with E-state index >= 15 is 0 Å². The Kier molecular flexibility index (Phi) is 3.32. The average Bonchev–Trinajstić information content (AvgIpc) is 2.76. The molecule has 1 amide bonds. The van der Waals surface area contributed by atoms with Crippen LogP contribution in [0.25, 0.3) is 11.6 Å². The summed E-state index contributed by atoms with van der Waals surface area (Å²) in [6.45, 7) is 0. The van der Waals surface area contributed by atoms with Gasteiger partial charge in [0.2, 0.25) is 0 Å².